The van der Waals surface area contributed by atoms with E-state index in [1.165, 1.54) is 5.54 Å². The summed E-state index contributed by atoms with van der Waals surface area (Å²) in [5.41, 5.74) is 1.35. The van der Waals surface area contributed by atoms with Gasteiger partial charge in [-0.15, -0.1) is 0 Å². The second-order valence-electron chi connectivity index (χ2n) is 1.76. The fraction of sp³-hybridized carbons (Fsp3) is 1.00. The Morgan fingerprint density at radius 2 is 1.75 bits per heavy atom. The minimum Gasteiger partial charge on any atom is -0.0588 e. The van der Waals surface area contributed by atoms with Crippen molar-refractivity contribution >= 4 is 8.80 Å². The lowest BCUT2D eigenvalue weighted by molar-refractivity contribution is 1.25. The molecule has 2 rings (SSSR count). The molecule has 0 aromatic carbocycles. The fourth-order valence-corrected chi connectivity index (χ4v) is 2.23. The molecule has 0 spiro atoms. The predicted octanol–water partition coefficient (Wildman–Crippen LogP) is 0.879. The van der Waals surface area contributed by atoms with Crippen molar-refractivity contribution in [1.29, 1.82) is 0 Å². The van der Waals surface area contributed by atoms with Gasteiger partial charge in [0.2, 0.25) is 0 Å². The van der Waals surface area contributed by atoms with Crippen LogP contribution in [0, 0.1) is 0 Å². The van der Waals surface area contributed by atoms with Crippen LogP contribution in [0.2, 0.25) is 17.6 Å². The van der Waals surface area contributed by atoms with Gasteiger partial charge in [-0.05, 0) is 0 Å². The number of hydrogen-bond acceptors (Lipinski definition) is 0. The first-order chi connectivity index (χ1) is 1.97. The first-order valence-corrected chi connectivity index (χ1v) is 3.80. The lowest BCUT2D eigenvalue weighted by Gasteiger charge is -1.60. The van der Waals surface area contributed by atoms with E-state index in [1.807, 2.05) is 0 Å². The van der Waals surface area contributed by atoms with Crippen LogP contribution >= 0.6 is 0 Å². The minimum absolute atomic E-state index is 0.537. The highest BCUT2D eigenvalue weighted by Crippen LogP contribution is 2.61. The van der Waals surface area contributed by atoms with E-state index in [1.54, 1.807) is 12.1 Å². The van der Waals surface area contributed by atoms with Crippen LogP contribution in [0.1, 0.15) is 0 Å². The summed E-state index contributed by atoms with van der Waals surface area (Å²) in [4.78, 5) is 0. The topological polar surface area (TPSA) is 0 Å². The normalized spacial score (nSPS) is 39.0. The van der Waals surface area contributed by atoms with Crippen LogP contribution in [0.15, 0.2) is 0 Å². The summed E-state index contributed by atoms with van der Waals surface area (Å²) in [6.45, 7) is 0. The molecule has 0 atom stereocenters. The highest BCUT2D eigenvalue weighted by atomic mass is 28.3. The van der Waals surface area contributed by atoms with E-state index in [4.69, 9.17) is 0 Å². The quantitative estimate of drug-likeness (QED) is 0.370. The van der Waals surface area contributed by atoms with Crippen molar-refractivity contribution in [2.24, 2.45) is 0 Å². The molecule has 0 saturated carbocycles. The molecule has 21 valence electrons. The Hall–Kier alpha value is 0.217. The molecule has 0 aromatic heterocycles. The molecule has 0 amide bonds. The molecular formula is C3H5Si. The van der Waals surface area contributed by atoms with Crippen molar-refractivity contribution in [3.05, 3.63) is 0 Å². The second kappa shape index (κ2) is 0.234. The van der Waals surface area contributed by atoms with Gasteiger partial charge >= 0.3 is 0 Å². The summed E-state index contributed by atoms with van der Waals surface area (Å²) < 4.78 is 0. The van der Waals surface area contributed by atoms with Crippen molar-refractivity contribution in [1.82, 2.24) is 0 Å². The van der Waals surface area contributed by atoms with Gasteiger partial charge < -0.3 is 0 Å². The van der Waals surface area contributed by atoms with Crippen LogP contribution in [0.4, 0.5) is 0 Å². The molecule has 0 aliphatic carbocycles. The molecule has 0 bridgehead atoms. The van der Waals surface area contributed by atoms with Crippen LogP contribution in [0.5, 0.6) is 0 Å². The Morgan fingerprint density at radius 3 is 1.75 bits per heavy atom. The van der Waals surface area contributed by atoms with Gasteiger partial charge in [-0.25, -0.2) is 0 Å². The second-order valence-corrected chi connectivity index (χ2v) is 4.71. The number of fused-ring (bicyclic) bond motifs is 1. The monoisotopic (exact) mass is 69.0 g/mol. The molecule has 1 radical (unpaired) electrons. The molecule has 2 aliphatic heterocycles. The zero-order chi connectivity index (χ0) is 2.57. The summed E-state index contributed by atoms with van der Waals surface area (Å²) in [7, 11) is 0.537. The highest BCUT2D eigenvalue weighted by Gasteiger charge is 2.54. The van der Waals surface area contributed by atoms with E-state index in [9.17, 15) is 0 Å². The van der Waals surface area contributed by atoms with Gasteiger partial charge in [-0.2, -0.15) is 0 Å². The lowest BCUT2D eigenvalue weighted by atomic mass is 10.6. The molecule has 2 saturated heterocycles. The van der Waals surface area contributed by atoms with Gasteiger partial charge in [0.1, 0.15) is 0 Å². The smallest absolute Gasteiger partial charge is 0.0505 e. The van der Waals surface area contributed by atoms with Gasteiger partial charge in [-0.3, -0.25) is 0 Å². The van der Waals surface area contributed by atoms with Gasteiger partial charge in [0, 0.05) is 0 Å². The Labute approximate surface area is 27.4 Å². The zero-order valence-electron chi connectivity index (χ0n) is 2.49. The molecule has 0 nitrogen and oxygen atoms in total. The van der Waals surface area contributed by atoms with Gasteiger partial charge in [0.05, 0.1) is 8.80 Å². The van der Waals surface area contributed by atoms with Gasteiger partial charge in [0.15, 0.2) is 0 Å². The third kappa shape index (κ3) is 0.0486. The maximum absolute atomic E-state index is 1.69. The van der Waals surface area contributed by atoms with Gasteiger partial charge in [-0.1, -0.05) is 17.6 Å². The summed E-state index contributed by atoms with van der Waals surface area (Å²) in [6, 6.07) is 3.37. The third-order valence-corrected chi connectivity index (χ3v) is 3.82. The van der Waals surface area contributed by atoms with E-state index < -0.39 is 0 Å². The van der Waals surface area contributed by atoms with E-state index in [0.29, 0.717) is 8.80 Å². The molecule has 2 fully saturated rings. The average Bonchev–Trinajstić information content (AvgIpc) is 1.36. The predicted molar refractivity (Wildman–Crippen MR) is 19.1 cm³/mol. The maximum atomic E-state index is 1.69. The third-order valence-electron chi connectivity index (χ3n) is 1.27. The molecule has 2 aliphatic rings. The summed E-state index contributed by atoms with van der Waals surface area (Å²) >= 11 is 0. The first kappa shape index (κ1) is 1.60. The molecular weight excluding hydrogens is 64.1 g/mol. The van der Waals surface area contributed by atoms with Crippen LogP contribution in [-0.4, -0.2) is 8.80 Å². The van der Waals surface area contributed by atoms with E-state index >= 15 is 0 Å². The largest absolute Gasteiger partial charge is 0.0588 e. The number of hydrogen-bond donors (Lipinski definition) is 0. The standard InChI is InChI=1S/C3H5Si/c1-3-2-4(1)3/h3H,1-2H2. The van der Waals surface area contributed by atoms with Crippen molar-refractivity contribution in [2.75, 3.05) is 0 Å². The van der Waals surface area contributed by atoms with Gasteiger partial charge in [0.25, 0.3) is 0 Å². The molecule has 0 unspecified atom stereocenters. The van der Waals surface area contributed by atoms with E-state index in [0.717, 1.165) is 0 Å². The highest BCUT2D eigenvalue weighted by molar-refractivity contribution is 6.84. The van der Waals surface area contributed by atoms with E-state index in [2.05, 4.69) is 0 Å². The summed E-state index contributed by atoms with van der Waals surface area (Å²) in [5.74, 6) is 0. The summed E-state index contributed by atoms with van der Waals surface area (Å²) in [6.07, 6.45) is 0. The SMILES string of the molecule is C1C2C[Si]12. The fourth-order valence-electron chi connectivity index (χ4n) is 0.455. The Bertz CT molecular complexity index is 39.2. The molecule has 0 aromatic rings. The molecule has 4 heavy (non-hydrogen) atoms. The Morgan fingerprint density at radius 1 is 1.50 bits per heavy atom. The molecule has 2 heterocycles. The molecule has 0 N–H and O–H groups in total. The van der Waals surface area contributed by atoms with Crippen LogP contribution < -0.4 is 0 Å². The molecule has 1 heteroatoms. The Kier molecular flexibility index (Phi) is 0.0939. The first-order valence-electron chi connectivity index (χ1n) is 1.81. The average molecular weight is 69.2 g/mol. The zero-order valence-corrected chi connectivity index (χ0v) is 3.49. The maximum Gasteiger partial charge on any atom is 0.0505 e. The van der Waals surface area contributed by atoms with Crippen LogP contribution in [-0.2, 0) is 0 Å². The van der Waals surface area contributed by atoms with Crippen LogP contribution in [0.25, 0.3) is 0 Å². The lowest BCUT2D eigenvalue weighted by Crippen LogP contribution is -1.55. The Balaban J connectivity index is 2.48. The summed E-state index contributed by atoms with van der Waals surface area (Å²) in [5, 5.41) is 0. The van der Waals surface area contributed by atoms with Crippen molar-refractivity contribution in [3.8, 4) is 0 Å². The van der Waals surface area contributed by atoms with Crippen molar-refractivity contribution in [2.45, 2.75) is 17.6 Å². The van der Waals surface area contributed by atoms with Crippen molar-refractivity contribution in [3.63, 3.8) is 0 Å². The van der Waals surface area contributed by atoms with Crippen LogP contribution in [0.3, 0.4) is 0 Å². The van der Waals surface area contributed by atoms with E-state index in [-0.39, 0.29) is 0 Å². The number of rotatable bonds is 0. The van der Waals surface area contributed by atoms with Crippen molar-refractivity contribution < 1.29 is 0 Å². The minimum atomic E-state index is 0.537.